The molecule has 0 aliphatic carbocycles. The molecule has 0 rings (SSSR count). The van der Waals surface area contributed by atoms with Crippen molar-refractivity contribution in [2.75, 3.05) is 0 Å². The van der Waals surface area contributed by atoms with Gasteiger partial charge in [-0.3, -0.25) is 0 Å². The Morgan fingerprint density at radius 1 is 1.33 bits per heavy atom. The predicted octanol–water partition coefficient (Wildman–Crippen LogP) is -5.44. The van der Waals surface area contributed by atoms with Gasteiger partial charge in [-0.25, -0.2) is 0 Å². The van der Waals surface area contributed by atoms with Gasteiger partial charge in [0.1, 0.15) is 0 Å². The molecule has 0 saturated heterocycles. The van der Waals surface area contributed by atoms with Crippen molar-refractivity contribution < 1.29 is 86.3 Å². The van der Waals surface area contributed by atoms with Crippen LogP contribution in [0, 0.1) is 41.7 Å². The van der Waals surface area contributed by atoms with E-state index in [1.807, 2.05) is 0 Å². The summed E-state index contributed by atoms with van der Waals surface area (Å²) in [7, 11) is 0. The number of rotatable bonds is 0. The second kappa shape index (κ2) is 9.82. The van der Waals surface area contributed by atoms with E-state index in [-0.39, 0.29) is 71.3 Å². The monoisotopic (exact) mass is 223 g/mol. The predicted molar refractivity (Wildman–Crippen MR) is 5.40 cm³/mol. The first-order chi connectivity index (χ1) is 1.73. The zero-order valence-corrected chi connectivity index (χ0v) is 8.36. The number of hydrogen-bond acceptors (Lipinski definition) is 3. The molecule has 0 aromatic carbocycles. The molecule has 0 amide bonds. The van der Waals surface area contributed by atoms with Gasteiger partial charge in [-0.15, -0.1) is 0 Å². The number of hydrogen-bond donors (Lipinski definition) is 0. The Balaban J connectivity index is -0.0000000450. The molecule has 1 radical (unpaired) electrons. The van der Waals surface area contributed by atoms with Gasteiger partial charge < -0.3 is 15.0 Å². The molecular weight excluding hydrogens is 223 g/mol. The van der Waals surface area contributed by atoms with E-state index in [9.17, 15) is 0 Å². The maximum atomic E-state index is 8.33. The van der Waals surface area contributed by atoms with Gasteiger partial charge in [-0.1, -0.05) is 0 Å². The molecule has 6 heavy (non-hydrogen) atoms. The van der Waals surface area contributed by atoms with Crippen LogP contribution in [0.4, 0.5) is 4.79 Å². The van der Waals surface area contributed by atoms with E-state index < -0.39 is 6.16 Å². The minimum absolute atomic E-state index is 0. The Bertz CT molecular complexity index is 33.8. The maximum absolute atomic E-state index is 8.33. The topological polar surface area (TPSA) is 63.2 Å². The van der Waals surface area contributed by atoms with E-state index in [1.54, 1.807) is 0 Å². The molecule has 0 aliphatic heterocycles. The van der Waals surface area contributed by atoms with Crippen molar-refractivity contribution in [3.8, 4) is 0 Å². The van der Waals surface area contributed by atoms with Crippen LogP contribution in [0.1, 0.15) is 0 Å². The van der Waals surface area contributed by atoms with Crippen LogP contribution < -0.4 is 39.8 Å². The first-order valence-corrected chi connectivity index (χ1v) is 0.612. The first-order valence-electron chi connectivity index (χ1n) is 0.612. The molecule has 0 spiro atoms. The normalized spacial score (nSPS) is 4.00. The Morgan fingerprint density at radius 2 is 1.33 bits per heavy atom. The molecule has 0 fully saturated rings. The molecule has 0 bridgehead atoms. The summed E-state index contributed by atoms with van der Waals surface area (Å²) in [6.45, 7) is 0. The fourth-order valence-corrected chi connectivity index (χ4v) is 0. The zero-order valence-electron chi connectivity index (χ0n) is 3.22. The van der Waals surface area contributed by atoms with Gasteiger partial charge in [0, 0.05) is 0 Å². The van der Waals surface area contributed by atoms with Crippen molar-refractivity contribution in [3.63, 3.8) is 0 Å². The van der Waals surface area contributed by atoms with Gasteiger partial charge >= 0.3 is 71.3 Å². The fraction of sp³-hybridized carbons (Fsp3) is 0. The zero-order chi connectivity index (χ0) is 3.58. The van der Waals surface area contributed by atoms with Crippen molar-refractivity contribution in [3.05, 3.63) is 0 Å². The summed E-state index contributed by atoms with van der Waals surface area (Å²) in [5.41, 5.74) is 0. The minimum Gasteiger partial charge on any atom is -0.652 e. The van der Waals surface area contributed by atoms with Gasteiger partial charge in [-0.05, 0) is 6.16 Å². The summed E-state index contributed by atoms with van der Waals surface area (Å²) < 4.78 is 0. The Morgan fingerprint density at radius 3 is 1.33 bits per heavy atom. The minimum atomic E-state index is -2.33. The summed E-state index contributed by atoms with van der Waals surface area (Å²) in [4.78, 5) is 8.33. The molecule has 0 heterocycles. The molecule has 0 unspecified atom stereocenters. The summed E-state index contributed by atoms with van der Waals surface area (Å²) in [5, 5.41) is 16.7. The second-order valence-corrected chi connectivity index (χ2v) is 0.250. The van der Waals surface area contributed by atoms with E-state index >= 15 is 0 Å². The molecule has 0 aromatic heterocycles. The molecule has 0 aliphatic rings. The Kier molecular flexibility index (Phi) is 25.6. The first kappa shape index (κ1) is 15.6. The third-order valence-corrected chi connectivity index (χ3v) is 0. The quantitative estimate of drug-likeness (QED) is 0.385. The van der Waals surface area contributed by atoms with Crippen LogP contribution in [0.3, 0.4) is 0 Å². The van der Waals surface area contributed by atoms with E-state index in [2.05, 4.69) is 0 Å². The smallest absolute Gasteiger partial charge is 0.652 e. The Hall–Kier alpha value is 1.65. The fourth-order valence-electron chi connectivity index (χ4n) is 0. The van der Waals surface area contributed by atoms with Crippen LogP contribution in [-0.2, 0) is 0 Å². The Labute approximate surface area is 90.8 Å². The third-order valence-electron chi connectivity index (χ3n) is 0. The molecule has 0 aromatic rings. The van der Waals surface area contributed by atoms with Crippen LogP contribution in [0.5, 0.6) is 0 Å². The summed E-state index contributed by atoms with van der Waals surface area (Å²) in [6.07, 6.45) is -2.33. The molecule has 0 saturated carbocycles. The molecule has 25 valence electrons. The van der Waals surface area contributed by atoms with E-state index in [4.69, 9.17) is 15.0 Å². The molecular formula is CCeNaO3+2. The van der Waals surface area contributed by atoms with Crippen molar-refractivity contribution in [2.45, 2.75) is 0 Å². The van der Waals surface area contributed by atoms with E-state index in [1.165, 1.54) is 0 Å². The van der Waals surface area contributed by atoms with Crippen molar-refractivity contribution in [1.29, 1.82) is 0 Å². The van der Waals surface area contributed by atoms with Crippen LogP contribution in [0.15, 0.2) is 0 Å². The van der Waals surface area contributed by atoms with E-state index in [0.29, 0.717) is 0 Å². The standard InChI is InChI=1S/CH2O3.Ce.Na/c2-1(3)4;;/h(H2,2,3,4);;/q;+3;+1/p-2. The summed E-state index contributed by atoms with van der Waals surface area (Å²) in [5.74, 6) is 0. The van der Waals surface area contributed by atoms with Crippen LogP contribution in [0.2, 0.25) is 0 Å². The number of carboxylic acid groups (broad SMARTS) is 2. The summed E-state index contributed by atoms with van der Waals surface area (Å²) >= 11 is 0. The largest absolute Gasteiger partial charge is 3.00 e. The number of carbonyl (C=O) groups is 1. The van der Waals surface area contributed by atoms with Gasteiger partial charge in [0.15, 0.2) is 0 Å². The third kappa shape index (κ3) is 45.0. The van der Waals surface area contributed by atoms with Crippen molar-refractivity contribution >= 4 is 6.16 Å². The van der Waals surface area contributed by atoms with Crippen molar-refractivity contribution in [2.24, 2.45) is 0 Å². The van der Waals surface area contributed by atoms with Crippen LogP contribution in [-0.4, -0.2) is 6.16 Å². The van der Waals surface area contributed by atoms with Crippen LogP contribution >= 0.6 is 0 Å². The van der Waals surface area contributed by atoms with Crippen molar-refractivity contribution in [1.82, 2.24) is 0 Å². The SMILES string of the molecule is O=C([O-])[O-].[Ce+3].[Na+]. The summed E-state index contributed by atoms with van der Waals surface area (Å²) in [6, 6.07) is 0. The number of carbonyl (C=O) groups excluding carboxylic acids is 1. The molecule has 5 heteroatoms. The molecule has 0 atom stereocenters. The second-order valence-electron chi connectivity index (χ2n) is 0.250. The van der Waals surface area contributed by atoms with Crippen LogP contribution in [0.25, 0.3) is 0 Å². The molecule has 0 N–H and O–H groups in total. The van der Waals surface area contributed by atoms with Gasteiger partial charge in [0.25, 0.3) is 0 Å². The average Bonchev–Trinajstić information content (AvgIpc) is 0.811. The molecule has 3 nitrogen and oxygen atoms in total. The van der Waals surface area contributed by atoms with Gasteiger partial charge in [-0.2, -0.15) is 0 Å². The van der Waals surface area contributed by atoms with Gasteiger partial charge in [0.2, 0.25) is 0 Å². The maximum Gasteiger partial charge on any atom is 3.00 e. The van der Waals surface area contributed by atoms with Gasteiger partial charge in [0.05, 0.1) is 0 Å². The average molecular weight is 223 g/mol. The van der Waals surface area contributed by atoms with E-state index in [0.717, 1.165) is 0 Å².